The largest absolute Gasteiger partial charge is 0.481 e. The molecule has 0 bridgehead atoms. The Morgan fingerprint density at radius 1 is 1.39 bits per heavy atom. The number of aliphatic carboxylic acids is 1. The predicted molar refractivity (Wildman–Crippen MR) is 74.4 cm³/mol. The normalized spacial score (nSPS) is 26.2. The summed E-state index contributed by atoms with van der Waals surface area (Å²) in [6.45, 7) is 5.66. The van der Waals surface area contributed by atoms with Crippen molar-refractivity contribution < 1.29 is 9.90 Å². The molecule has 3 atom stereocenters. The van der Waals surface area contributed by atoms with E-state index < -0.39 is 5.97 Å². The summed E-state index contributed by atoms with van der Waals surface area (Å²) in [4.78, 5) is 13.4. The van der Waals surface area contributed by atoms with Crippen molar-refractivity contribution in [2.75, 3.05) is 13.1 Å². The zero-order chi connectivity index (χ0) is 13.3. The van der Waals surface area contributed by atoms with Crippen molar-refractivity contribution in [3.05, 3.63) is 34.3 Å². The standard InChI is InChI=1S/C14H18BrNO2/c1-9-7-16(8-13(9)14(17)18)10(2)11-3-5-12(15)6-4-11/h3-6,9-10,13H,7-8H2,1-2H3,(H,17,18). The molecule has 0 amide bonds. The van der Waals surface area contributed by atoms with Gasteiger partial charge in [0.25, 0.3) is 0 Å². The van der Waals surface area contributed by atoms with Crippen molar-refractivity contribution in [1.82, 2.24) is 4.90 Å². The topological polar surface area (TPSA) is 40.5 Å². The lowest BCUT2D eigenvalue weighted by molar-refractivity contribution is -0.142. The number of halogens is 1. The van der Waals surface area contributed by atoms with Crippen LogP contribution in [-0.2, 0) is 4.79 Å². The SMILES string of the molecule is CC1CN(C(C)c2ccc(Br)cc2)CC1C(=O)O. The summed E-state index contributed by atoms with van der Waals surface area (Å²) in [5.41, 5.74) is 1.23. The summed E-state index contributed by atoms with van der Waals surface area (Å²) in [7, 11) is 0. The number of hydrogen-bond acceptors (Lipinski definition) is 2. The Labute approximate surface area is 116 Å². The van der Waals surface area contributed by atoms with Crippen molar-refractivity contribution in [2.24, 2.45) is 11.8 Å². The number of carbonyl (C=O) groups is 1. The number of likely N-dealkylation sites (tertiary alicyclic amines) is 1. The average Bonchev–Trinajstić information content (AvgIpc) is 2.71. The Hall–Kier alpha value is -0.870. The van der Waals surface area contributed by atoms with Gasteiger partial charge >= 0.3 is 5.97 Å². The van der Waals surface area contributed by atoms with E-state index in [2.05, 4.69) is 39.9 Å². The molecule has 1 N–H and O–H groups in total. The zero-order valence-corrected chi connectivity index (χ0v) is 12.2. The van der Waals surface area contributed by atoms with Gasteiger partial charge in [-0.25, -0.2) is 0 Å². The molecule has 1 aromatic carbocycles. The maximum atomic E-state index is 11.1. The molecule has 0 saturated carbocycles. The molecule has 0 radical (unpaired) electrons. The van der Waals surface area contributed by atoms with Gasteiger partial charge in [-0.15, -0.1) is 0 Å². The Morgan fingerprint density at radius 3 is 2.50 bits per heavy atom. The van der Waals surface area contributed by atoms with E-state index in [4.69, 9.17) is 5.11 Å². The first kappa shape index (κ1) is 13.6. The van der Waals surface area contributed by atoms with Crippen molar-refractivity contribution >= 4 is 21.9 Å². The van der Waals surface area contributed by atoms with Gasteiger partial charge in [-0.3, -0.25) is 9.69 Å². The second kappa shape index (κ2) is 5.41. The minimum absolute atomic E-state index is 0.223. The van der Waals surface area contributed by atoms with Gasteiger partial charge < -0.3 is 5.11 Å². The van der Waals surface area contributed by atoms with Crippen molar-refractivity contribution in [3.63, 3.8) is 0 Å². The van der Waals surface area contributed by atoms with Gasteiger partial charge in [-0.2, -0.15) is 0 Å². The van der Waals surface area contributed by atoms with E-state index >= 15 is 0 Å². The molecule has 1 aromatic rings. The lowest BCUT2D eigenvalue weighted by Gasteiger charge is -2.24. The first-order valence-electron chi connectivity index (χ1n) is 6.21. The van der Waals surface area contributed by atoms with Gasteiger partial charge in [0, 0.05) is 23.6 Å². The van der Waals surface area contributed by atoms with Crippen LogP contribution >= 0.6 is 15.9 Å². The van der Waals surface area contributed by atoms with Gasteiger partial charge in [0.15, 0.2) is 0 Å². The van der Waals surface area contributed by atoms with Crippen LogP contribution in [0.3, 0.4) is 0 Å². The summed E-state index contributed by atoms with van der Waals surface area (Å²) in [6, 6.07) is 8.51. The quantitative estimate of drug-likeness (QED) is 0.932. The van der Waals surface area contributed by atoms with E-state index in [9.17, 15) is 4.79 Å². The van der Waals surface area contributed by atoms with Gasteiger partial charge in [0.1, 0.15) is 0 Å². The summed E-state index contributed by atoms with van der Waals surface area (Å²) in [5, 5.41) is 9.16. The van der Waals surface area contributed by atoms with Gasteiger partial charge in [-0.05, 0) is 30.5 Å². The molecule has 1 saturated heterocycles. The molecule has 0 aromatic heterocycles. The highest BCUT2D eigenvalue weighted by Gasteiger charge is 2.36. The van der Waals surface area contributed by atoms with Crippen LogP contribution in [0.5, 0.6) is 0 Å². The van der Waals surface area contributed by atoms with Crippen LogP contribution in [0.4, 0.5) is 0 Å². The first-order valence-corrected chi connectivity index (χ1v) is 7.00. The molecule has 2 rings (SSSR count). The van der Waals surface area contributed by atoms with Crippen molar-refractivity contribution in [2.45, 2.75) is 19.9 Å². The van der Waals surface area contributed by atoms with E-state index in [1.165, 1.54) is 5.56 Å². The molecule has 18 heavy (non-hydrogen) atoms. The molecule has 0 spiro atoms. The smallest absolute Gasteiger partial charge is 0.308 e. The highest BCUT2D eigenvalue weighted by atomic mass is 79.9. The molecular weight excluding hydrogens is 294 g/mol. The molecule has 1 aliphatic rings. The first-order chi connectivity index (χ1) is 8.49. The molecule has 1 heterocycles. The fraction of sp³-hybridized carbons (Fsp3) is 0.500. The van der Waals surface area contributed by atoms with Gasteiger partial charge in [0.05, 0.1) is 5.92 Å². The number of hydrogen-bond donors (Lipinski definition) is 1. The number of nitrogens with zero attached hydrogens (tertiary/aromatic N) is 1. The van der Waals surface area contributed by atoms with E-state index in [1.54, 1.807) is 0 Å². The van der Waals surface area contributed by atoms with Crippen LogP contribution in [0.15, 0.2) is 28.7 Å². The van der Waals surface area contributed by atoms with Crippen molar-refractivity contribution in [3.8, 4) is 0 Å². The summed E-state index contributed by atoms with van der Waals surface area (Å²) in [6.07, 6.45) is 0. The van der Waals surface area contributed by atoms with Crippen LogP contribution in [0.2, 0.25) is 0 Å². The van der Waals surface area contributed by atoms with Crippen LogP contribution in [0, 0.1) is 11.8 Å². The monoisotopic (exact) mass is 311 g/mol. The van der Waals surface area contributed by atoms with E-state index in [-0.39, 0.29) is 17.9 Å². The molecule has 3 nitrogen and oxygen atoms in total. The van der Waals surface area contributed by atoms with E-state index in [1.807, 2.05) is 19.1 Å². The molecule has 1 fully saturated rings. The minimum Gasteiger partial charge on any atom is -0.481 e. The van der Waals surface area contributed by atoms with E-state index in [0.717, 1.165) is 11.0 Å². The molecule has 4 heteroatoms. The van der Waals surface area contributed by atoms with Gasteiger partial charge in [0.2, 0.25) is 0 Å². The number of carboxylic acids is 1. The highest BCUT2D eigenvalue weighted by molar-refractivity contribution is 9.10. The fourth-order valence-corrected chi connectivity index (χ4v) is 2.86. The number of carboxylic acid groups (broad SMARTS) is 1. The lowest BCUT2D eigenvalue weighted by Crippen LogP contribution is -2.26. The molecule has 0 aliphatic carbocycles. The Bertz CT molecular complexity index is 432. The lowest BCUT2D eigenvalue weighted by atomic mass is 9.99. The van der Waals surface area contributed by atoms with Gasteiger partial charge in [-0.1, -0.05) is 35.0 Å². The highest BCUT2D eigenvalue weighted by Crippen LogP contribution is 2.31. The maximum absolute atomic E-state index is 11.1. The summed E-state index contributed by atoms with van der Waals surface area (Å²) in [5.74, 6) is -0.684. The van der Waals surface area contributed by atoms with Crippen molar-refractivity contribution in [1.29, 1.82) is 0 Å². The van der Waals surface area contributed by atoms with Crippen LogP contribution in [0.1, 0.15) is 25.5 Å². The van der Waals surface area contributed by atoms with Crippen LogP contribution < -0.4 is 0 Å². The second-order valence-electron chi connectivity index (χ2n) is 5.10. The Kier molecular flexibility index (Phi) is 4.07. The summed E-state index contributed by atoms with van der Waals surface area (Å²) >= 11 is 3.42. The third-order valence-electron chi connectivity index (χ3n) is 3.86. The number of rotatable bonds is 3. The number of benzene rings is 1. The molecule has 1 aliphatic heterocycles. The third kappa shape index (κ3) is 2.75. The zero-order valence-electron chi connectivity index (χ0n) is 10.6. The van der Waals surface area contributed by atoms with Crippen LogP contribution in [-0.4, -0.2) is 29.1 Å². The third-order valence-corrected chi connectivity index (χ3v) is 4.39. The second-order valence-corrected chi connectivity index (χ2v) is 6.02. The predicted octanol–water partition coefficient (Wildman–Crippen LogP) is 3.16. The Morgan fingerprint density at radius 2 is 2.00 bits per heavy atom. The molecule has 3 unspecified atom stereocenters. The minimum atomic E-state index is -0.673. The van der Waals surface area contributed by atoms with Crippen LogP contribution in [0.25, 0.3) is 0 Å². The van der Waals surface area contributed by atoms with E-state index in [0.29, 0.717) is 6.54 Å². The molecular formula is C14H18BrNO2. The maximum Gasteiger partial charge on any atom is 0.308 e. The fourth-order valence-electron chi connectivity index (χ4n) is 2.59. The summed E-state index contributed by atoms with van der Waals surface area (Å²) < 4.78 is 1.07. The average molecular weight is 312 g/mol. The Balaban J connectivity index is 2.09. The molecule has 98 valence electrons.